The molecule has 1 aliphatic carbocycles. The number of fused-ring (bicyclic) bond motifs is 1. The largest absolute Gasteiger partial charge is 0.372 e. The lowest BCUT2D eigenvalue weighted by Gasteiger charge is -2.38. The van der Waals surface area contributed by atoms with Crippen LogP contribution >= 0.6 is 12.2 Å². The Kier molecular flexibility index (Phi) is 7.26. The average Bonchev–Trinajstić information content (AvgIpc) is 3.04. The summed E-state index contributed by atoms with van der Waals surface area (Å²) < 4.78 is 0. The van der Waals surface area contributed by atoms with Crippen LogP contribution in [0, 0.1) is 5.41 Å². The van der Waals surface area contributed by atoms with Crippen molar-refractivity contribution in [1.29, 1.82) is 0 Å². The lowest BCUT2D eigenvalue weighted by molar-refractivity contribution is -0.118. The summed E-state index contributed by atoms with van der Waals surface area (Å²) in [7, 11) is 0. The minimum Gasteiger partial charge on any atom is -0.372 e. The Balaban J connectivity index is 1.69. The van der Waals surface area contributed by atoms with E-state index in [1.54, 1.807) is 0 Å². The topological polar surface area (TPSA) is 47.6 Å². The van der Waals surface area contributed by atoms with Crippen LogP contribution in [-0.2, 0) is 4.79 Å². The summed E-state index contributed by atoms with van der Waals surface area (Å²) in [5.74, 6) is 0.168. The molecule has 0 fully saturated rings. The predicted molar refractivity (Wildman–Crippen MR) is 163 cm³/mol. The van der Waals surface area contributed by atoms with Crippen molar-refractivity contribution in [1.82, 2.24) is 0 Å². The molecule has 3 aromatic carbocycles. The van der Waals surface area contributed by atoms with Crippen molar-refractivity contribution in [3.05, 3.63) is 95.7 Å². The van der Waals surface area contributed by atoms with E-state index in [4.69, 9.17) is 12.2 Å². The van der Waals surface area contributed by atoms with Crippen molar-refractivity contribution < 1.29 is 4.79 Å². The Bertz CT molecular complexity index is 1360. The highest BCUT2D eigenvalue weighted by Gasteiger charge is 2.42. The molecule has 0 spiro atoms. The summed E-state index contributed by atoms with van der Waals surface area (Å²) in [6, 6.07) is 26.4. The smallest absolute Gasteiger partial charge is 0.178 e. The van der Waals surface area contributed by atoms with Crippen molar-refractivity contribution >= 4 is 45.9 Å². The van der Waals surface area contributed by atoms with Gasteiger partial charge in [0.25, 0.3) is 0 Å². The molecule has 0 saturated heterocycles. The van der Waals surface area contributed by atoms with Gasteiger partial charge in [-0.05, 0) is 79.9 Å². The number of anilines is 4. The summed E-state index contributed by atoms with van der Waals surface area (Å²) in [6.45, 7) is 10.6. The molecule has 1 atom stereocenters. The molecule has 6 heteroatoms. The molecule has 3 aromatic rings. The second-order valence-corrected chi connectivity index (χ2v) is 11.2. The lowest BCUT2D eigenvalue weighted by Crippen LogP contribution is -2.41. The van der Waals surface area contributed by atoms with E-state index in [9.17, 15) is 4.79 Å². The highest BCUT2D eigenvalue weighted by molar-refractivity contribution is 7.80. The number of Topliss-reactive ketones (excluding diaryl/α,β-unsaturated/α-hetero) is 1. The van der Waals surface area contributed by atoms with E-state index in [-0.39, 0.29) is 17.2 Å². The standard InChI is InChI=1S/C32H36N4OS/c1-5-35(6-2)24-18-16-22(17-19-24)30-29-26(20-32(3,4)21-28(29)37)34-25-14-10-11-15-27(25)36(30)31(38)33-23-12-8-7-9-13-23/h7-19,30,34H,5-6,20-21H2,1-4H3,(H,33,38)/t30-/m1/s1. The van der Waals surface area contributed by atoms with Gasteiger partial charge in [-0.25, -0.2) is 0 Å². The molecule has 0 aromatic heterocycles. The average molecular weight is 525 g/mol. The second kappa shape index (κ2) is 10.6. The molecule has 0 amide bonds. The van der Waals surface area contributed by atoms with E-state index in [0.29, 0.717) is 11.5 Å². The van der Waals surface area contributed by atoms with Gasteiger partial charge in [0.05, 0.1) is 17.4 Å². The van der Waals surface area contributed by atoms with Gasteiger partial charge in [0.1, 0.15) is 0 Å². The molecule has 38 heavy (non-hydrogen) atoms. The zero-order valence-corrected chi connectivity index (χ0v) is 23.4. The van der Waals surface area contributed by atoms with Gasteiger partial charge in [0.2, 0.25) is 0 Å². The number of carbonyl (C=O) groups excluding carboxylic acids is 1. The van der Waals surface area contributed by atoms with E-state index < -0.39 is 0 Å². The van der Waals surface area contributed by atoms with Gasteiger partial charge in [-0.3, -0.25) is 4.79 Å². The molecule has 0 radical (unpaired) electrons. The lowest BCUT2D eigenvalue weighted by atomic mass is 9.73. The van der Waals surface area contributed by atoms with Crippen molar-refractivity contribution in [3.63, 3.8) is 0 Å². The normalized spacial score (nSPS) is 18.2. The number of rotatable bonds is 5. The Labute approximate surface area is 231 Å². The number of ketones is 1. The number of benzene rings is 3. The minimum absolute atomic E-state index is 0.118. The fraction of sp³-hybridized carbons (Fsp3) is 0.312. The quantitative estimate of drug-likeness (QED) is 0.336. The zero-order chi connectivity index (χ0) is 26.9. The van der Waals surface area contributed by atoms with Crippen LogP contribution in [0.4, 0.5) is 22.7 Å². The maximum Gasteiger partial charge on any atom is 0.178 e. The Morgan fingerprint density at radius 2 is 1.63 bits per heavy atom. The van der Waals surface area contributed by atoms with Crippen LogP contribution in [-0.4, -0.2) is 24.0 Å². The van der Waals surface area contributed by atoms with Crippen LogP contribution in [0.2, 0.25) is 0 Å². The molecular formula is C32H36N4OS. The first-order chi connectivity index (χ1) is 18.3. The van der Waals surface area contributed by atoms with Crippen LogP contribution in [0.3, 0.4) is 0 Å². The molecule has 196 valence electrons. The van der Waals surface area contributed by atoms with Crippen molar-refractivity contribution in [2.24, 2.45) is 5.41 Å². The molecule has 1 aliphatic heterocycles. The second-order valence-electron chi connectivity index (χ2n) is 10.8. The van der Waals surface area contributed by atoms with E-state index in [1.807, 2.05) is 42.5 Å². The third-order valence-corrected chi connectivity index (χ3v) is 7.78. The Morgan fingerprint density at radius 3 is 2.32 bits per heavy atom. The van der Waals surface area contributed by atoms with Gasteiger partial charge in [-0.2, -0.15) is 0 Å². The molecule has 1 heterocycles. The van der Waals surface area contributed by atoms with E-state index in [1.165, 1.54) is 5.69 Å². The number of nitrogens with zero attached hydrogens (tertiary/aromatic N) is 2. The van der Waals surface area contributed by atoms with E-state index in [0.717, 1.165) is 53.4 Å². The number of para-hydroxylation sites is 3. The van der Waals surface area contributed by atoms with Gasteiger partial charge in [0, 0.05) is 42.2 Å². The Hall–Kier alpha value is -3.64. The number of nitrogens with one attached hydrogen (secondary N) is 2. The predicted octanol–water partition coefficient (Wildman–Crippen LogP) is 7.55. The van der Waals surface area contributed by atoms with Crippen molar-refractivity contribution in [3.8, 4) is 0 Å². The minimum atomic E-state index is -0.362. The number of allylic oxidation sites excluding steroid dienone is 1. The molecule has 2 N–H and O–H groups in total. The summed E-state index contributed by atoms with van der Waals surface area (Å²) in [5.41, 5.74) is 6.68. The molecule has 5 nitrogen and oxygen atoms in total. The fourth-order valence-corrected chi connectivity index (χ4v) is 6.01. The highest BCUT2D eigenvalue weighted by Crippen LogP contribution is 2.48. The third kappa shape index (κ3) is 5.05. The first-order valence-electron chi connectivity index (χ1n) is 13.4. The van der Waals surface area contributed by atoms with Crippen LogP contribution in [0.25, 0.3) is 0 Å². The first-order valence-corrected chi connectivity index (χ1v) is 13.8. The van der Waals surface area contributed by atoms with Crippen molar-refractivity contribution in [2.45, 2.75) is 46.6 Å². The highest BCUT2D eigenvalue weighted by atomic mass is 32.1. The van der Waals surface area contributed by atoms with E-state index in [2.05, 4.69) is 84.5 Å². The van der Waals surface area contributed by atoms with Crippen LogP contribution in [0.5, 0.6) is 0 Å². The molecule has 0 saturated carbocycles. The first kappa shape index (κ1) is 26.0. The molecule has 0 bridgehead atoms. The monoisotopic (exact) mass is 524 g/mol. The fourth-order valence-electron chi connectivity index (χ4n) is 5.69. The van der Waals surface area contributed by atoms with Crippen LogP contribution in [0.15, 0.2) is 90.1 Å². The van der Waals surface area contributed by atoms with Gasteiger partial charge < -0.3 is 20.4 Å². The van der Waals surface area contributed by atoms with Gasteiger partial charge >= 0.3 is 0 Å². The van der Waals surface area contributed by atoms with Crippen LogP contribution < -0.4 is 20.4 Å². The van der Waals surface area contributed by atoms with E-state index >= 15 is 0 Å². The zero-order valence-electron chi connectivity index (χ0n) is 22.6. The molecule has 0 unspecified atom stereocenters. The van der Waals surface area contributed by atoms with Crippen LogP contribution in [0.1, 0.15) is 52.1 Å². The van der Waals surface area contributed by atoms with Gasteiger partial charge in [0.15, 0.2) is 10.9 Å². The van der Waals surface area contributed by atoms with Gasteiger partial charge in [-0.15, -0.1) is 0 Å². The number of carbonyl (C=O) groups is 1. The molecule has 5 rings (SSSR count). The number of thiocarbonyl (C=S) groups is 1. The van der Waals surface area contributed by atoms with Crippen molar-refractivity contribution in [2.75, 3.05) is 33.5 Å². The SMILES string of the molecule is CCN(CC)c1ccc([C@@H]2C3=C(CC(C)(C)CC3=O)Nc3ccccc3N2C(=S)Nc2ccccc2)cc1. The third-order valence-electron chi connectivity index (χ3n) is 7.48. The number of hydrogen-bond acceptors (Lipinski definition) is 4. The number of hydrogen-bond donors (Lipinski definition) is 2. The Morgan fingerprint density at radius 1 is 0.974 bits per heavy atom. The summed E-state index contributed by atoms with van der Waals surface area (Å²) in [6.07, 6.45) is 1.30. The summed E-state index contributed by atoms with van der Waals surface area (Å²) in [5, 5.41) is 7.66. The molecular weight excluding hydrogens is 488 g/mol. The maximum absolute atomic E-state index is 13.9. The van der Waals surface area contributed by atoms with Gasteiger partial charge in [-0.1, -0.05) is 56.3 Å². The maximum atomic E-state index is 13.9. The summed E-state index contributed by atoms with van der Waals surface area (Å²) >= 11 is 6.10. The molecule has 2 aliphatic rings. The summed E-state index contributed by atoms with van der Waals surface area (Å²) in [4.78, 5) is 18.4.